The lowest BCUT2D eigenvalue weighted by molar-refractivity contribution is -0.137. The molecule has 28 heavy (non-hydrogen) atoms. The van der Waals surface area contributed by atoms with Gasteiger partial charge in [0.15, 0.2) is 0 Å². The van der Waals surface area contributed by atoms with Gasteiger partial charge in [-0.25, -0.2) is 4.98 Å². The molecule has 0 saturated carbocycles. The molecule has 2 heterocycles. The van der Waals surface area contributed by atoms with E-state index in [0.717, 1.165) is 35.5 Å². The molecule has 1 aliphatic rings. The molecule has 0 aliphatic carbocycles. The molecule has 1 amide bonds. The summed E-state index contributed by atoms with van der Waals surface area (Å²) in [6, 6.07) is 9.33. The molecule has 3 aromatic rings. The minimum absolute atomic E-state index is 0.00622. The fourth-order valence-electron chi connectivity index (χ4n) is 3.69. The van der Waals surface area contributed by atoms with Gasteiger partial charge in [-0.1, -0.05) is 6.07 Å². The van der Waals surface area contributed by atoms with Crippen molar-refractivity contribution in [3.63, 3.8) is 0 Å². The summed E-state index contributed by atoms with van der Waals surface area (Å²) in [6.07, 6.45) is -3.63. The van der Waals surface area contributed by atoms with Crippen molar-refractivity contribution in [2.24, 2.45) is 7.05 Å². The molecule has 0 atom stereocenters. The molecule has 1 aromatic heterocycles. The maximum Gasteiger partial charge on any atom is 0.416 e. The lowest BCUT2D eigenvalue weighted by Gasteiger charge is -2.16. The number of anilines is 2. The van der Waals surface area contributed by atoms with Crippen LogP contribution in [-0.4, -0.2) is 22.0 Å². The highest BCUT2D eigenvalue weighted by Crippen LogP contribution is 2.34. The maximum atomic E-state index is 12.9. The summed E-state index contributed by atoms with van der Waals surface area (Å²) in [4.78, 5) is 17.9. The van der Waals surface area contributed by atoms with Gasteiger partial charge in [0.1, 0.15) is 5.82 Å². The van der Waals surface area contributed by atoms with E-state index in [1.165, 1.54) is 6.07 Å². The third kappa shape index (κ3) is 3.08. The fourth-order valence-corrected chi connectivity index (χ4v) is 3.69. The molecule has 1 N–H and O–H groups in total. The number of benzene rings is 2. The molecule has 0 saturated heterocycles. The second kappa shape index (κ2) is 6.54. The number of nitrogens with one attached hydrogen (secondary N) is 1. The van der Waals surface area contributed by atoms with Gasteiger partial charge in [-0.05, 0) is 36.8 Å². The van der Waals surface area contributed by atoms with Crippen LogP contribution in [0.2, 0.25) is 0 Å². The monoisotopic (exact) mass is 388 g/mol. The molecule has 0 radical (unpaired) electrons. The van der Waals surface area contributed by atoms with Gasteiger partial charge in [0.05, 0.1) is 23.1 Å². The van der Waals surface area contributed by atoms with Gasteiger partial charge in [0.25, 0.3) is 0 Å². The van der Waals surface area contributed by atoms with Gasteiger partial charge < -0.3 is 14.8 Å². The van der Waals surface area contributed by atoms with Crippen LogP contribution < -0.4 is 10.2 Å². The molecule has 0 fully saturated rings. The summed E-state index contributed by atoms with van der Waals surface area (Å²) in [7, 11) is 1.78. The number of aromatic nitrogens is 2. The second-order valence-corrected chi connectivity index (χ2v) is 6.87. The Morgan fingerprint density at radius 1 is 1.25 bits per heavy atom. The highest BCUT2D eigenvalue weighted by Gasteiger charge is 2.31. The normalized spacial score (nSPS) is 13.8. The van der Waals surface area contributed by atoms with Crippen LogP contribution in [0.5, 0.6) is 0 Å². The highest BCUT2D eigenvalue weighted by atomic mass is 19.4. The van der Waals surface area contributed by atoms with Gasteiger partial charge in [-0.15, -0.1) is 0 Å². The molecular weight excluding hydrogens is 369 g/mol. The number of nitrogens with zero attached hydrogens (tertiary/aromatic N) is 3. The molecule has 0 unspecified atom stereocenters. The Hall–Kier alpha value is -3.03. The van der Waals surface area contributed by atoms with E-state index in [4.69, 9.17) is 0 Å². The molecule has 1 aliphatic heterocycles. The number of carbonyl (C=O) groups excluding carboxylic acids is 1. The summed E-state index contributed by atoms with van der Waals surface area (Å²) in [5.74, 6) is 0.639. The van der Waals surface area contributed by atoms with Crippen molar-refractivity contribution in [1.29, 1.82) is 0 Å². The Bertz CT molecular complexity index is 1070. The average Bonchev–Trinajstić information content (AvgIpc) is 3.21. The average molecular weight is 388 g/mol. The number of hydrogen-bond donors (Lipinski definition) is 1. The largest absolute Gasteiger partial charge is 0.416 e. The molecule has 2 aromatic carbocycles. The van der Waals surface area contributed by atoms with E-state index in [-0.39, 0.29) is 5.91 Å². The third-order valence-corrected chi connectivity index (χ3v) is 5.15. The number of aryl methyl sites for hydroxylation is 1. The van der Waals surface area contributed by atoms with Crippen molar-refractivity contribution in [1.82, 2.24) is 9.55 Å². The van der Waals surface area contributed by atoms with Crippen molar-refractivity contribution in [3.8, 4) is 0 Å². The Balaban J connectivity index is 1.60. The number of halogens is 3. The Morgan fingerprint density at radius 2 is 2.04 bits per heavy atom. The minimum Gasteiger partial charge on any atom is -0.378 e. The van der Waals surface area contributed by atoms with Gasteiger partial charge in [-0.3, -0.25) is 4.79 Å². The number of amides is 1. The van der Waals surface area contributed by atoms with Gasteiger partial charge in [0.2, 0.25) is 5.91 Å². The quantitative estimate of drug-likeness (QED) is 0.735. The van der Waals surface area contributed by atoms with E-state index < -0.39 is 11.7 Å². The van der Waals surface area contributed by atoms with Crippen LogP contribution in [0, 0.1) is 0 Å². The van der Waals surface area contributed by atoms with Crippen LogP contribution in [0.4, 0.5) is 24.5 Å². The number of alkyl halides is 3. The topological polar surface area (TPSA) is 50.2 Å². The molecule has 0 bridgehead atoms. The van der Waals surface area contributed by atoms with Gasteiger partial charge in [-0.2, -0.15) is 13.2 Å². The summed E-state index contributed by atoms with van der Waals surface area (Å²) < 4.78 is 40.6. The van der Waals surface area contributed by atoms with Crippen molar-refractivity contribution in [2.45, 2.75) is 26.1 Å². The van der Waals surface area contributed by atoms with E-state index in [9.17, 15) is 18.0 Å². The van der Waals surface area contributed by atoms with E-state index in [2.05, 4.69) is 10.3 Å². The van der Waals surface area contributed by atoms with Crippen LogP contribution >= 0.6 is 0 Å². The Labute approximate surface area is 159 Å². The van der Waals surface area contributed by atoms with Crippen molar-refractivity contribution in [2.75, 3.05) is 16.8 Å². The van der Waals surface area contributed by atoms with E-state index in [1.807, 2.05) is 18.2 Å². The second-order valence-electron chi connectivity index (χ2n) is 6.87. The predicted molar refractivity (Wildman–Crippen MR) is 101 cm³/mol. The zero-order valence-electron chi connectivity index (χ0n) is 15.5. The fraction of sp³-hybridized carbons (Fsp3) is 0.300. The van der Waals surface area contributed by atoms with Crippen molar-refractivity contribution < 1.29 is 18.0 Å². The first-order valence-corrected chi connectivity index (χ1v) is 8.92. The van der Waals surface area contributed by atoms with Gasteiger partial charge >= 0.3 is 6.18 Å². The summed E-state index contributed by atoms with van der Waals surface area (Å²) in [5, 5.41) is 3.32. The highest BCUT2D eigenvalue weighted by molar-refractivity contribution is 5.95. The standard InChI is InChI=1S/C20H19F3N4O/c1-12(28)27-9-8-14-15(4-3-5-17(14)27)24-11-19-25-16-10-13(20(21,22)23)6-7-18(16)26(19)2/h3-7,10,24H,8-9,11H2,1-2H3. The molecule has 8 heteroatoms. The van der Waals surface area contributed by atoms with Crippen molar-refractivity contribution >= 4 is 28.3 Å². The van der Waals surface area contributed by atoms with Gasteiger partial charge in [0, 0.05) is 37.5 Å². The first kappa shape index (κ1) is 18.3. The smallest absolute Gasteiger partial charge is 0.378 e. The first-order chi connectivity index (χ1) is 13.3. The minimum atomic E-state index is -4.39. The molecule has 5 nitrogen and oxygen atoms in total. The summed E-state index contributed by atoms with van der Waals surface area (Å²) in [5.41, 5.74) is 3.13. The number of imidazole rings is 1. The Kier molecular flexibility index (Phi) is 4.28. The molecule has 146 valence electrons. The third-order valence-electron chi connectivity index (χ3n) is 5.15. The summed E-state index contributed by atoms with van der Waals surface area (Å²) >= 11 is 0. The van der Waals surface area contributed by atoms with E-state index in [1.54, 1.807) is 23.4 Å². The lowest BCUT2D eigenvalue weighted by Crippen LogP contribution is -2.25. The zero-order chi connectivity index (χ0) is 20.1. The number of fused-ring (bicyclic) bond motifs is 2. The van der Waals surface area contributed by atoms with E-state index >= 15 is 0 Å². The van der Waals surface area contributed by atoms with Crippen molar-refractivity contribution in [3.05, 3.63) is 53.3 Å². The molecule has 4 rings (SSSR count). The lowest BCUT2D eigenvalue weighted by atomic mass is 10.1. The predicted octanol–water partition coefficient (Wildman–Crippen LogP) is 4.11. The van der Waals surface area contributed by atoms with Crippen LogP contribution in [-0.2, 0) is 31.0 Å². The van der Waals surface area contributed by atoms with Crippen LogP contribution in [0.1, 0.15) is 23.9 Å². The SMILES string of the molecule is CC(=O)N1CCc2c(NCc3nc4cc(C(F)(F)F)ccc4n3C)cccc21. The van der Waals surface area contributed by atoms with Crippen LogP contribution in [0.25, 0.3) is 11.0 Å². The number of hydrogen-bond acceptors (Lipinski definition) is 3. The molecule has 0 spiro atoms. The number of carbonyl (C=O) groups is 1. The number of rotatable bonds is 3. The zero-order valence-corrected chi connectivity index (χ0v) is 15.5. The Morgan fingerprint density at radius 3 is 2.75 bits per heavy atom. The van der Waals surface area contributed by atoms with E-state index in [0.29, 0.717) is 29.9 Å². The molecular formula is C20H19F3N4O. The maximum absolute atomic E-state index is 12.9. The first-order valence-electron chi connectivity index (χ1n) is 8.92. The van der Waals surface area contributed by atoms with Crippen LogP contribution in [0.15, 0.2) is 36.4 Å². The summed E-state index contributed by atoms with van der Waals surface area (Å²) in [6.45, 7) is 2.56. The van der Waals surface area contributed by atoms with Crippen LogP contribution in [0.3, 0.4) is 0 Å².